The molecule has 1 N–H and O–H groups in total. The Balaban J connectivity index is 1.40. The van der Waals surface area contributed by atoms with E-state index in [1.165, 1.54) is 25.7 Å². The first-order chi connectivity index (χ1) is 15.7. The predicted molar refractivity (Wildman–Crippen MR) is 126 cm³/mol. The summed E-state index contributed by atoms with van der Waals surface area (Å²) in [6.45, 7) is 4.62. The maximum absolute atomic E-state index is 6.33. The van der Waals surface area contributed by atoms with Crippen LogP contribution in [0.1, 0.15) is 45.4 Å². The standard InChI is InChI=1S/C25H33N5O2/c1-17-3-6-21(7-4-17)28-25-26-15-22(19-5-8-23-20(13-19)14-27-30(23)2)24(29-25)32-16-18-9-11-31-12-10-18/h5,8,13-15,17-18,21H,3-4,6-7,9-12,16H2,1-2H3,(H,26,28,29)/t17-,21-. The summed E-state index contributed by atoms with van der Waals surface area (Å²) in [4.78, 5) is 9.50. The first-order valence-corrected chi connectivity index (χ1v) is 11.9. The van der Waals surface area contributed by atoms with Gasteiger partial charge in [-0.1, -0.05) is 13.0 Å². The Morgan fingerprint density at radius 2 is 1.91 bits per heavy atom. The number of fused-ring (bicyclic) bond motifs is 1. The van der Waals surface area contributed by atoms with Gasteiger partial charge in [-0.2, -0.15) is 10.1 Å². The fourth-order valence-corrected chi connectivity index (χ4v) is 4.77. The van der Waals surface area contributed by atoms with Gasteiger partial charge in [-0.05, 0) is 68.1 Å². The molecule has 5 rings (SSSR count). The number of anilines is 1. The molecule has 3 aromatic rings. The third-order valence-electron chi connectivity index (χ3n) is 6.96. The van der Waals surface area contributed by atoms with E-state index < -0.39 is 0 Å². The van der Waals surface area contributed by atoms with E-state index in [0.29, 0.717) is 30.4 Å². The van der Waals surface area contributed by atoms with E-state index in [0.717, 1.165) is 54.0 Å². The summed E-state index contributed by atoms with van der Waals surface area (Å²) in [6, 6.07) is 6.76. The topological polar surface area (TPSA) is 74.1 Å². The third-order valence-corrected chi connectivity index (χ3v) is 6.96. The van der Waals surface area contributed by atoms with E-state index in [1.54, 1.807) is 0 Å². The summed E-state index contributed by atoms with van der Waals surface area (Å²) < 4.78 is 13.7. The number of hydrogen-bond donors (Lipinski definition) is 1. The first-order valence-electron chi connectivity index (χ1n) is 11.9. The van der Waals surface area contributed by atoms with Crippen molar-refractivity contribution < 1.29 is 9.47 Å². The zero-order chi connectivity index (χ0) is 21.9. The lowest BCUT2D eigenvalue weighted by Crippen LogP contribution is -2.26. The van der Waals surface area contributed by atoms with Crippen molar-refractivity contribution in [2.45, 2.75) is 51.5 Å². The highest BCUT2D eigenvalue weighted by Gasteiger charge is 2.21. The highest BCUT2D eigenvalue weighted by atomic mass is 16.5. The molecule has 3 heterocycles. The molecule has 0 atom stereocenters. The minimum absolute atomic E-state index is 0.437. The van der Waals surface area contributed by atoms with Crippen molar-refractivity contribution in [3.8, 4) is 17.0 Å². The van der Waals surface area contributed by atoms with Crippen LogP contribution >= 0.6 is 0 Å². The van der Waals surface area contributed by atoms with Gasteiger partial charge in [0.05, 0.1) is 23.9 Å². The van der Waals surface area contributed by atoms with Crippen LogP contribution < -0.4 is 10.1 Å². The Morgan fingerprint density at radius 1 is 1.09 bits per heavy atom. The van der Waals surface area contributed by atoms with Crippen molar-refractivity contribution in [3.05, 3.63) is 30.6 Å². The zero-order valence-corrected chi connectivity index (χ0v) is 19.1. The van der Waals surface area contributed by atoms with Gasteiger partial charge in [0, 0.05) is 37.9 Å². The molecule has 0 unspecified atom stereocenters. The van der Waals surface area contributed by atoms with Crippen LogP contribution in [-0.4, -0.2) is 45.6 Å². The number of ether oxygens (including phenoxy) is 2. The lowest BCUT2D eigenvalue weighted by Gasteiger charge is -2.27. The van der Waals surface area contributed by atoms with Gasteiger partial charge in [0.1, 0.15) is 0 Å². The number of rotatable bonds is 6. The first kappa shape index (κ1) is 21.2. The van der Waals surface area contributed by atoms with Crippen molar-refractivity contribution in [1.82, 2.24) is 19.7 Å². The minimum atomic E-state index is 0.437. The molecule has 1 aromatic carbocycles. The summed E-state index contributed by atoms with van der Waals surface area (Å²) in [5, 5.41) is 9.02. The zero-order valence-electron chi connectivity index (χ0n) is 19.1. The monoisotopic (exact) mass is 435 g/mol. The molecule has 7 nitrogen and oxygen atoms in total. The molecule has 0 spiro atoms. The van der Waals surface area contributed by atoms with Crippen molar-refractivity contribution in [3.63, 3.8) is 0 Å². The van der Waals surface area contributed by atoms with Gasteiger partial charge in [-0.3, -0.25) is 4.68 Å². The summed E-state index contributed by atoms with van der Waals surface area (Å²) in [7, 11) is 1.96. The maximum atomic E-state index is 6.33. The molecule has 0 radical (unpaired) electrons. The summed E-state index contributed by atoms with van der Waals surface area (Å²) in [6.07, 6.45) is 10.7. The van der Waals surface area contributed by atoms with Crippen LogP contribution in [0.5, 0.6) is 5.88 Å². The molecule has 1 aliphatic carbocycles. The van der Waals surface area contributed by atoms with Crippen LogP contribution in [0.25, 0.3) is 22.0 Å². The number of aryl methyl sites for hydroxylation is 1. The van der Waals surface area contributed by atoms with Gasteiger partial charge in [0.2, 0.25) is 11.8 Å². The highest BCUT2D eigenvalue weighted by Crippen LogP contribution is 2.32. The molecule has 1 aliphatic heterocycles. The summed E-state index contributed by atoms with van der Waals surface area (Å²) in [5.41, 5.74) is 3.07. The lowest BCUT2D eigenvalue weighted by atomic mass is 9.87. The van der Waals surface area contributed by atoms with Crippen LogP contribution in [0.2, 0.25) is 0 Å². The Kier molecular flexibility index (Phi) is 6.26. The van der Waals surface area contributed by atoms with Gasteiger partial charge in [0.25, 0.3) is 0 Å². The molecule has 0 amide bonds. The molecule has 2 aromatic heterocycles. The van der Waals surface area contributed by atoms with E-state index in [4.69, 9.17) is 14.5 Å². The van der Waals surface area contributed by atoms with Gasteiger partial charge in [-0.15, -0.1) is 0 Å². The van der Waals surface area contributed by atoms with E-state index in [2.05, 4.69) is 40.5 Å². The lowest BCUT2D eigenvalue weighted by molar-refractivity contribution is 0.0491. The molecular weight excluding hydrogens is 402 g/mol. The number of aromatic nitrogens is 4. The smallest absolute Gasteiger partial charge is 0.226 e. The Morgan fingerprint density at radius 3 is 2.72 bits per heavy atom. The summed E-state index contributed by atoms with van der Waals surface area (Å²) >= 11 is 0. The second-order valence-electron chi connectivity index (χ2n) is 9.42. The quantitative estimate of drug-likeness (QED) is 0.598. The second kappa shape index (κ2) is 9.45. The van der Waals surface area contributed by atoms with Gasteiger partial charge >= 0.3 is 0 Å². The Labute approximate surface area is 189 Å². The molecule has 32 heavy (non-hydrogen) atoms. The fourth-order valence-electron chi connectivity index (χ4n) is 4.77. The van der Waals surface area contributed by atoms with Crippen molar-refractivity contribution in [2.24, 2.45) is 18.9 Å². The van der Waals surface area contributed by atoms with Crippen molar-refractivity contribution in [1.29, 1.82) is 0 Å². The van der Waals surface area contributed by atoms with Crippen molar-refractivity contribution in [2.75, 3.05) is 25.1 Å². The average molecular weight is 436 g/mol. The van der Waals surface area contributed by atoms with E-state index in [9.17, 15) is 0 Å². The molecule has 2 aliphatic rings. The second-order valence-corrected chi connectivity index (χ2v) is 9.42. The molecule has 7 heteroatoms. The Bertz CT molecular complexity index is 1050. The van der Waals surface area contributed by atoms with Crippen LogP contribution in [0.3, 0.4) is 0 Å². The normalized spacial score (nSPS) is 22.2. The van der Waals surface area contributed by atoms with Gasteiger partial charge in [-0.25, -0.2) is 4.98 Å². The number of nitrogens with zero attached hydrogens (tertiary/aromatic N) is 4. The van der Waals surface area contributed by atoms with Crippen molar-refractivity contribution >= 4 is 16.9 Å². The van der Waals surface area contributed by atoms with Crippen LogP contribution in [-0.2, 0) is 11.8 Å². The number of hydrogen-bond acceptors (Lipinski definition) is 6. The van der Waals surface area contributed by atoms with Crippen LogP contribution in [0.15, 0.2) is 30.6 Å². The Hall–Kier alpha value is -2.67. The third kappa shape index (κ3) is 4.72. The number of benzene rings is 1. The average Bonchev–Trinajstić information content (AvgIpc) is 3.20. The molecule has 1 saturated carbocycles. The molecule has 170 valence electrons. The maximum Gasteiger partial charge on any atom is 0.226 e. The molecular formula is C25H33N5O2. The van der Waals surface area contributed by atoms with E-state index in [-0.39, 0.29) is 0 Å². The van der Waals surface area contributed by atoms with E-state index in [1.807, 2.05) is 24.1 Å². The minimum Gasteiger partial charge on any atom is -0.477 e. The predicted octanol–water partition coefficient (Wildman–Crippen LogP) is 4.83. The van der Waals surface area contributed by atoms with E-state index >= 15 is 0 Å². The van der Waals surface area contributed by atoms with Gasteiger partial charge in [0.15, 0.2) is 0 Å². The SMILES string of the molecule is Cn1ncc2cc(-c3cnc(N[C@H]4CC[C@H](C)CC4)nc3OCC3CCOCC3)ccc21. The molecule has 2 fully saturated rings. The highest BCUT2D eigenvalue weighted by molar-refractivity contribution is 5.85. The van der Waals surface area contributed by atoms with Crippen LogP contribution in [0.4, 0.5) is 5.95 Å². The molecule has 0 bridgehead atoms. The summed E-state index contributed by atoms with van der Waals surface area (Å²) in [5.74, 6) is 2.64. The fraction of sp³-hybridized carbons (Fsp3) is 0.560. The van der Waals surface area contributed by atoms with Gasteiger partial charge < -0.3 is 14.8 Å². The molecule has 1 saturated heterocycles. The van der Waals surface area contributed by atoms with Crippen LogP contribution in [0, 0.1) is 11.8 Å². The number of nitrogens with one attached hydrogen (secondary N) is 1. The largest absolute Gasteiger partial charge is 0.477 e.